The highest BCUT2D eigenvalue weighted by Crippen LogP contribution is 2.38. The minimum Gasteiger partial charge on any atom is -0.479 e. The van der Waals surface area contributed by atoms with Gasteiger partial charge in [-0.1, -0.05) is 54.6 Å². The first-order valence-electron chi connectivity index (χ1n) is 8.32. The van der Waals surface area contributed by atoms with Gasteiger partial charge in [0.25, 0.3) is 0 Å². The van der Waals surface area contributed by atoms with E-state index >= 15 is 0 Å². The normalized spacial score (nSPS) is 18.9. The van der Waals surface area contributed by atoms with E-state index in [4.69, 9.17) is 0 Å². The monoisotopic (exact) mass is 324 g/mol. The smallest absolute Gasteiger partial charge is 0.345 e. The molecule has 0 spiro atoms. The number of carboxylic acids is 1. The number of carbonyl (C=O) groups is 1. The van der Waals surface area contributed by atoms with E-state index in [-0.39, 0.29) is 5.92 Å². The number of likely N-dealkylation sites (tertiary alicyclic amines) is 1. The van der Waals surface area contributed by atoms with Crippen molar-refractivity contribution in [2.75, 3.05) is 20.1 Å². The topological polar surface area (TPSA) is 60.8 Å². The Labute approximate surface area is 142 Å². The summed E-state index contributed by atoms with van der Waals surface area (Å²) in [6.45, 7) is 1.96. The second-order valence-electron chi connectivity index (χ2n) is 6.55. The van der Waals surface area contributed by atoms with E-state index in [0.29, 0.717) is 11.1 Å². The second kappa shape index (κ2) is 6.75. The van der Waals surface area contributed by atoms with Gasteiger partial charge >= 0.3 is 5.97 Å². The molecule has 0 bridgehead atoms. The Kier molecular flexibility index (Phi) is 4.69. The molecular weight excluding hydrogens is 301 g/mol. The summed E-state index contributed by atoms with van der Waals surface area (Å²) in [5.74, 6) is -0.971. The van der Waals surface area contributed by atoms with Gasteiger partial charge in [0.1, 0.15) is 0 Å². The summed E-state index contributed by atoms with van der Waals surface area (Å²) in [7, 11) is 2.10. The number of rotatable bonds is 4. The average molecular weight is 324 g/mol. The van der Waals surface area contributed by atoms with Crippen LogP contribution in [-0.2, 0) is 10.4 Å². The molecule has 1 unspecified atom stereocenters. The number of piperidine rings is 1. The van der Waals surface area contributed by atoms with E-state index in [2.05, 4.69) is 11.9 Å². The van der Waals surface area contributed by atoms with E-state index in [1.807, 2.05) is 18.2 Å². The summed E-state index contributed by atoms with van der Waals surface area (Å²) < 4.78 is 0. The standard InChI is InChI=1S/C20H23NO3/c1-21-13-11-15(12-14-21)17-9-5-6-10-18(17)20(24,19(22)23)16-7-3-2-4-8-16/h2-10,15,24H,11-14H2,1H3,(H,22,23)/i1-1. The van der Waals surface area contributed by atoms with Gasteiger partial charge in [-0.2, -0.15) is 0 Å². The Morgan fingerprint density at radius 2 is 1.62 bits per heavy atom. The van der Waals surface area contributed by atoms with Crippen molar-refractivity contribution in [3.8, 4) is 0 Å². The zero-order chi connectivity index (χ0) is 17.2. The molecule has 2 aromatic carbocycles. The third kappa shape index (κ3) is 2.95. The highest BCUT2D eigenvalue weighted by molar-refractivity contribution is 5.84. The number of hydrogen-bond acceptors (Lipinski definition) is 3. The minimum atomic E-state index is -2.03. The van der Waals surface area contributed by atoms with Gasteiger partial charge in [0.15, 0.2) is 0 Å². The zero-order valence-corrected chi connectivity index (χ0v) is 13.9. The van der Waals surface area contributed by atoms with Crippen LogP contribution in [0.2, 0.25) is 0 Å². The van der Waals surface area contributed by atoms with Crippen molar-refractivity contribution in [3.05, 3.63) is 71.3 Å². The fourth-order valence-corrected chi connectivity index (χ4v) is 3.58. The predicted molar refractivity (Wildman–Crippen MR) is 93.0 cm³/mol. The maximum atomic E-state index is 12.1. The molecule has 0 aliphatic carbocycles. The van der Waals surface area contributed by atoms with E-state index in [1.54, 1.807) is 36.4 Å². The highest BCUT2D eigenvalue weighted by atomic mass is 16.4. The summed E-state index contributed by atoms with van der Waals surface area (Å²) in [4.78, 5) is 14.3. The molecule has 2 aromatic rings. The molecule has 1 atom stereocenters. The third-order valence-electron chi connectivity index (χ3n) is 5.01. The Morgan fingerprint density at radius 3 is 2.25 bits per heavy atom. The van der Waals surface area contributed by atoms with Crippen molar-refractivity contribution < 1.29 is 15.0 Å². The van der Waals surface area contributed by atoms with Gasteiger partial charge in [0.05, 0.1) is 0 Å². The second-order valence-corrected chi connectivity index (χ2v) is 6.55. The van der Waals surface area contributed by atoms with Crippen molar-refractivity contribution in [2.45, 2.75) is 24.4 Å². The lowest BCUT2D eigenvalue weighted by Crippen LogP contribution is -2.39. The minimum absolute atomic E-state index is 0.270. The van der Waals surface area contributed by atoms with Crippen molar-refractivity contribution in [1.82, 2.24) is 4.90 Å². The van der Waals surface area contributed by atoms with Crippen LogP contribution in [0.5, 0.6) is 0 Å². The first-order chi connectivity index (χ1) is 11.5. The van der Waals surface area contributed by atoms with Crippen LogP contribution in [0.25, 0.3) is 0 Å². The van der Waals surface area contributed by atoms with E-state index < -0.39 is 11.6 Å². The molecule has 1 heterocycles. The molecule has 1 fully saturated rings. The van der Waals surface area contributed by atoms with Crippen LogP contribution in [0.3, 0.4) is 0 Å². The number of aliphatic hydroxyl groups is 1. The van der Waals surface area contributed by atoms with Crippen LogP contribution >= 0.6 is 0 Å². The van der Waals surface area contributed by atoms with Gasteiger partial charge in [-0.15, -0.1) is 0 Å². The molecule has 4 nitrogen and oxygen atoms in total. The fourth-order valence-electron chi connectivity index (χ4n) is 3.58. The van der Waals surface area contributed by atoms with Gasteiger partial charge in [-0.05, 0) is 50.0 Å². The van der Waals surface area contributed by atoms with Crippen molar-refractivity contribution in [2.24, 2.45) is 0 Å². The Morgan fingerprint density at radius 1 is 1.04 bits per heavy atom. The number of carboxylic acid groups (broad SMARTS) is 1. The van der Waals surface area contributed by atoms with Crippen molar-refractivity contribution in [1.29, 1.82) is 0 Å². The lowest BCUT2D eigenvalue weighted by Gasteiger charge is -2.33. The van der Waals surface area contributed by atoms with Crippen LogP contribution in [0.4, 0.5) is 0 Å². The van der Waals surface area contributed by atoms with Crippen LogP contribution < -0.4 is 0 Å². The van der Waals surface area contributed by atoms with Gasteiger partial charge in [0, 0.05) is 5.56 Å². The van der Waals surface area contributed by atoms with E-state index in [0.717, 1.165) is 31.5 Å². The van der Waals surface area contributed by atoms with Gasteiger partial charge in [-0.25, -0.2) is 4.79 Å². The molecule has 1 saturated heterocycles. The summed E-state index contributed by atoms with van der Waals surface area (Å²) in [5.41, 5.74) is -0.211. The molecule has 3 rings (SSSR count). The Bertz CT molecular complexity index is 708. The van der Waals surface area contributed by atoms with E-state index in [9.17, 15) is 15.0 Å². The van der Waals surface area contributed by atoms with Crippen LogP contribution in [0.1, 0.15) is 35.4 Å². The largest absolute Gasteiger partial charge is 0.479 e. The summed E-state index contributed by atoms with van der Waals surface area (Å²) >= 11 is 0. The van der Waals surface area contributed by atoms with Crippen LogP contribution in [-0.4, -0.2) is 41.2 Å². The molecular formula is C20H23NO3. The molecule has 0 aromatic heterocycles. The number of aliphatic carboxylic acids is 1. The fraction of sp³-hybridized carbons (Fsp3) is 0.350. The van der Waals surface area contributed by atoms with Crippen LogP contribution in [0.15, 0.2) is 54.6 Å². The average Bonchev–Trinajstić information content (AvgIpc) is 2.62. The first kappa shape index (κ1) is 16.7. The molecule has 0 radical (unpaired) electrons. The molecule has 1 aliphatic rings. The number of nitrogens with zero attached hydrogens (tertiary/aromatic N) is 1. The molecule has 24 heavy (non-hydrogen) atoms. The maximum absolute atomic E-state index is 12.1. The van der Waals surface area contributed by atoms with Gasteiger partial charge in [-0.3, -0.25) is 0 Å². The SMILES string of the molecule is [11CH3]N1CCC(c2ccccc2C(O)(C(=O)O)c2ccccc2)CC1. The van der Waals surface area contributed by atoms with E-state index in [1.165, 1.54) is 0 Å². The highest BCUT2D eigenvalue weighted by Gasteiger charge is 2.42. The summed E-state index contributed by atoms with van der Waals surface area (Å²) in [5, 5.41) is 21.0. The van der Waals surface area contributed by atoms with Crippen molar-refractivity contribution >= 4 is 5.97 Å². The molecule has 126 valence electrons. The first-order valence-corrected chi connectivity index (χ1v) is 8.32. The maximum Gasteiger partial charge on any atom is 0.345 e. The summed E-state index contributed by atoms with van der Waals surface area (Å²) in [6, 6.07) is 16.1. The molecule has 4 heteroatoms. The molecule has 1 aliphatic heterocycles. The van der Waals surface area contributed by atoms with Crippen LogP contribution in [0, 0.1) is 0 Å². The van der Waals surface area contributed by atoms with Gasteiger partial charge < -0.3 is 15.1 Å². The Balaban J connectivity index is 2.08. The molecule has 0 amide bonds. The number of benzene rings is 2. The molecule has 2 N–H and O–H groups in total. The number of hydrogen-bond donors (Lipinski definition) is 2. The van der Waals surface area contributed by atoms with Gasteiger partial charge in [0.2, 0.25) is 5.60 Å². The Hall–Kier alpha value is -2.17. The quantitative estimate of drug-likeness (QED) is 0.908. The lowest BCUT2D eigenvalue weighted by molar-refractivity contribution is -0.155. The predicted octanol–water partition coefficient (Wildman–Crippen LogP) is 2.82. The lowest BCUT2D eigenvalue weighted by atomic mass is 9.78. The third-order valence-corrected chi connectivity index (χ3v) is 5.01. The van der Waals surface area contributed by atoms with Crippen molar-refractivity contribution in [3.63, 3.8) is 0 Å². The zero-order valence-electron chi connectivity index (χ0n) is 13.9. The molecule has 0 saturated carbocycles. The summed E-state index contributed by atoms with van der Waals surface area (Å²) in [6.07, 6.45) is 1.94.